The number of aromatic nitrogens is 1. The van der Waals surface area contributed by atoms with Gasteiger partial charge in [-0.3, -0.25) is 14.2 Å². The average Bonchev–Trinajstić information content (AvgIpc) is 2.91. The summed E-state index contributed by atoms with van der Waals surface area (Å²) in [6.45, 7) is 6.34. The van der Waals surface area contributed by atoms with E-state index in [-0.39, 0.29) is 29.0 Å². The number of carbonyl (C=O) groups excluding carboxylic acids is 2. The Morgan fingerprint density at radius 3 is 2.46 bits per heavy atom. The molecule has 3 aromatic rings. The number of carbonyl (C=O) groups is 2. The highest BCUT2D eigenvalue weighted by molar-refractivity contribution is 6.33. The van der Waals surface area contributed by atoms with Crippen LogP contribution in [0, 0.1) is 13.8 Å². The van der Waals surface area contributed by atoms with Crippen LogP contribution in [0.15, 0.2) is 36.4 Å². The molecule has 0 atom stereocenters. The lowest BCUT2D eigenvalue weighted by atomic mass is 10.1. The number of phenols is 1. The third-order valence-corrected chi connectivity index (χ3v) is 5.12. The van der Waals surface area contributed by atoms with E-state index >= 15 is 0 Å². The van der Waals surface area contributed by atoms with Gasteiger partial charge in [-0.15, -0.1) is 0 Å². The summed E-state index contributed by atoms with van der Waals surface area (Å²) >= 11 is 6.11. The number of nitrogens with one attached hydrogen (secondary N) is 1. The molecule has 0 aliphatic carbocycles. The molecule has 0 saturated carbocycles. The van der Waals surface area contributed by atoms with E-state index in [4.69, 9.17) is 11.6 Å². The van der Waals surface area contributed by atoms with E-state index in [0.29, 0.717) is 34.3 Å². The van der Waals surface area contributed by atoms with Gasteiger partial charge in [0.15, 0.2) is 0 Å². The minimum Gasteiger partial charge on any atom is -0.506 e. The molecular weight excluding hydrogens is 376 g/mol. The lowest BCUT2D eigenvalue weighted by Gasteiger charge is -2.08. The van der Waals surface area contributed by atoms with Gasteiger partial charge in [-0.05, 0) is 50.1 Å². The number of fused-ring (bicyclic) bond motifs is 1. The van der Waals surface area contributed by atoms with Crippen LogP contribution < -0.4 is 5.32 Å². The number of amides is 1. The number of aromatic hydroxyl groups is 1. The van der Waals surface area contributed by atoms with Crippen molar-refractivity contribution in [1.29, 1.82) is 0 Å². The Morgan fingerprint density at radius 1 is 1.14 bits per heavy atom. The molecule has 3 rings (SSSR count). The van der Waals surface area contributed by atoms with E-state index < -0.39 is 0 Å². The summed E-state index contributed by atoms with van der Waals surface area (Å²) in [6, 6.07) is 10.4. The topological polar surface area (TPSA) is 71.3 Å². The first kappa shape index (κ1) is 20.0. The van der Waals surface area contributed by atoms with E-state index in [2.05, 4.69) is 5.32 Å². The first-order valence-corrected chi connectivity index (χ1v) is 9.61. The Kier molecular flexibility index (Phi) is 5.75. The highest BCUT2D eigenvalue weighted by atomic mass is 35.5. The molecule has 0 aliphatic heterocycles. The first-order chi connectivity index (χ1) is 13.3. The van der Waals surface area contributed by atoms with Gasteiger partial charge in [0, 0.05) is 23.2 Å². The number of rotatable bonds is 5. The monoisotopic (exact) mass is 398 g/mol. The molecule has 146 valence electrons. The van der Waals surface area contributed by atoms with Crippen LogP contribution >= 0.6 is 11.6 Å². The third-order valence-electron chi connectivity index (χ3n) is 4.81. The van der Waals surface area contributed by atoms with Crippen molar-refractivity contribution < 1.29 is 14.7 Å². The minimum absolute atomic E-state index is 0.0793. The molecule has 1 amide bonds. The smallest absolute Gasteiger partial charge is 0.262 e. The molecule has 0 saturated heterocycles. The maximum atomic E-state index is 13.2. The van der Waals surface area contributed by atoms with E-state index in [1.807, 2.05) is 26.0 Å². The normalized spacial score (nSPS) is 11.0. The minimum atomic E-state index is -0.204. The fourth-order valence-corrected chi connectivity index (χ4v) is 3.44. The van der Waals surface area contributed by atoms with Crippen LogP contribution in [0.5, 0.6) is 5.75 Å². The Labute approximate surface area is 168 Å². The molecule has 1 heterocycles. The number of benzene rings is 2. The second-order valence-electron chi connectivity index (χ2n) is 6.92. The molecule has 28 heavy (non-hydrogen) atoms. The number of aryl methyl sites for hydroxylation is 1. The number of nitrogens with zero attached hydrogens (tertiary/aromatic N) is 1. The van der Waals surface area contributed by atoms with Crippen molar-refractivity contribution in [2.45, 2.75) is 33.6 Å². The zero-order valence-electron chi connectivity index (χ0n) is 16.2. The van der Waals surface area contributed by atoms with Gasteiger partial charge in [0.05, 0.1) is 17.0 Å². The SMILES string of the molecule is CCCNC(=O)Cc1c(C)n(C(=O)c2ccc(C)cc2)c2cc(Cl)c(O)cc12. The predicted molar refractivity (Wildman–Crippen MR) is 111 cm³/mol. The maximum Gasteiger partial charge on any atom is 0.262 e. The Bertz CT molecular complexity index is 1050. The molecule has 1 aromatic heterocycles. The summed E-state index contributed by atoms with van der Waals surface area (Å²) in [5.41, 5.74) is 3.54. The van der Waals surface area contributed by atoms with Gasteiger partial charge in [0.25, 0.3) is 5.91 Å². The molecular formula is C22H23ClN2O3. The standard InChI is InChI=1S/C22H23ClN2O3/c1-4-9-24-21(27)11-16-14(3)25(19-12-18(23)20(26)10-17(16)19)22(28)15-7-5-13(2)6-8-15/h5-8,10,12,26H,4,9,11H2,1-3H3,(H,24,27). The van der Waals surface area contributed by atoms with Crippen molar-refractivity contribution in [1.82, 2.24) is 9.88 Å². The lowest BCUT2D eigenvalue weighted by molar-refractivity contribution is -0.120. The zero-order chi connectivity index (χ0) is 20.4. The number of phenolic OH excluding ortho intramolecular Hbond substituents is 1. The molecule has 6 heteroatoms. The Hall–Kier alpha value is -2.79. The largest absolute Gasteiger partial charge is 0.506 e. The molecule has 0 aliphatic rings. The van der Waals surface area contributed by atoms with E-state index in [1.165, 1.54) is 6.07 Å². The number of hydrogen-bond acceptors (Lipinski definition) is 3. The van der Waals surface area contributed by atoms with Crippen molar-refractivity contribution in [3.8, 4) is 5.75 Å². The van der Waals surface area contributed by atoms with Gasteiger partial charge < -0.3 is 10.4 Å². The second-order valence-corrected chi connectivity index (χ2v) is 7.33. The average molecular weight is 399 g/mol. The fraction of sp³-hybridized carbons (Fsp3) is 0.273. The highest BCUT2D eigenvalue weighted by Crippen LogP contribution is 2.35. The third kappa shape index (κ3) is 3.76. The van der Waals surface area contributed by atoms with Crippen LogP contribution in [0.25, 0.3) is 10.9 Å². The van der Waals surface area contributed by atoms with Crippen molar-refractivity contribution in [3.63, 3.8) is 0 Å². The van der Waals surface area contributed by atoms with Gasteiger partial charge in [0.2, 0.25) is 5.91 Å². The van der Waals surface area contributed by atoms with E-state index in [0.717, 1.165) is 12.0 Å². The molecule has 0 bridgehead atoms. The number of halogens is 1. The van der Waals surface area contributed by atoms with E-state index in [9.17, 15) is 14.7 Å². The van der Waals surface area contributed by atoms with Crippen molar-refractivity contribution in [2.75, 3.05) is 6.54 Å². The van der Waals surface area contributed by atoms with Gasteiger partial charge >= 0.3 is 0 Å². The summed E-state index contributed by atoms with van der Waals surface area (Å²) in [4.78, 5) is 25.5. The summed E-state index contributed by atoms with van der Waals surface area (Å²) in [7, 11) is 0. The van der Waals surface area contributed by atoms with E-state index in [1.54, 1.807) is 29.7 Å². The predicted octanol–water partition coefficient (Wildman–Crippen LogP) is 4.37. The van der Waals surface area contributed by atoms with Gasteiger partial charge in [0.1, 0.15) is 5.75 Å². The lowest BCUT2D eigenvalue weighted by Crippen LogP contribution is -2.26. The summed E-state index contributed by atoms with van der Waals surface area (Å²) < 4.78 is 1.56. The molecule has 2 aromatic carbocycles. The van der Waals surface area contributed by atoms with Crippen molar-refractivity contribution in [3.05, 3.63) is 63.8 Å². The molecule has 0 spiro atoms. The molecule has 5 nitrogen and oxygen atoms in total. The van der Waals surface area contributed by atoms with Crippen LogP contribution in [-0.4, -0.2) is 28.0 Å². The fourth-order valence-electron chi connectivity index (χ4n) is 3.29. The Balaban J connectivity index is 2.15. The van der Waals surface area contributed by atoms with Crippen molar-refractivity contribution in [2.24, 2.45) is 0 Å². The quantitative estimate of drug-likeness (QED) is 0.670. The van der Waals surface area contributed by atoms with Gasteiger partial charge in [-0.2, -0.15) is 0 Å². The maximum absolute atomic E-state index is 13.2. The second kappa shape index (κ2) is 8.07. The number of hydrogen-bond donors (Lipinski definition) is 2. The van der Waals surface area contributed by atoms with Gasteiger partial charge in [-0.1, -0.05) is 36.2 Å². The summed E-state index contributed by atoms with van der Waals surface area (Å²) in [6.07, 6.45) is 0.965. The molecule has 0 radical (unpaired) electrons. The summed E-state index contributed by atoms with van der Waals surface area (Å²) in [5.74, 6) is -0.407. The van der Waals surface area contributed by atoms with Crippen LogP contribution in [0.4, 0.5) is 0 Å². The van der Waals surface area contributed by atoms with Crippen LogP contribution in [0.1, 0.15) is 40.5 Å². The molecule has 2 N–H and O–H groups in total. The summed E-state index contributed by atoms with van der Waals surface area (Å²) in [5, 5.41) is 13.7. The molecule has 0 fully saturated rings. The van der Waals surface area contributed by atoms with Gasteiger partial charge in [-0.25, -0.2) is 0 Å². The van der Waals surface area contributed by atoms with Crippen LogP contribution in [-0.2, 0) is 11.2 Å². The highest BCUT2D eigenvalue weighted by Gasteiger charge is 2.22. The first-order valence-electron chi connectivity index (χ1n) is 9.24. The molecule has 0 unspecified atom stereocenters. The van der Waals surface area contributed by atoms with Crippen molar-refractivity contribution >= 4 is 34.3 Å². The zero-order valence-corrected chi connectivity index (χ0v) is 16.9. The Morgan fingerprint density at radius 2 is 1.82 bits per heavy atom. The van der Waals surface area contributed by atoms with Crippen LogP contribution in [0.3, 0.4) is 0 Å². The van der Waals surface area contributed by atoms with Crippen LogP contribution in [0.2, 0.25) is 5.02 Å².